The molecule has 2 heteroatoms. The third kappa shape index (κ3) is 2.80. The normalized spacial score (nSPS) is 32.7. The van der Waals surface area contributed by atoms with Gasteiger partial charge < -0.3 is 10.2 Å². The second kappa shape index (κ2) is 3.55. The van der Waals surface area contributed by atoms with Gasteiger partial charge in [-0.1, -0.05) is 6.92 Å². The highest BCUT2D eigenvalue weighted by Gasteiger charge is 2.26. The van der Waals surface area contributed by atoms with Gasteiger partial charge in [-0.25, -0.2) is 0 Å². The molecule has 0 aliphatic carbocycles. The first-order chi connectivity index (χ1) is 5.12. The van der Waals surface area contributed by atoms with Gasteiger partial charge in [-0.15, -0.1) is 0 Å². The van der Waals surface area contributed by atoms with Crippen molar-refractivity contribution in [1.82, 2.24) is 10.2 Å². The first kappa shape index (κ1) is 9.01. The quantitative estimate of drug-likeness (QED) is 0.640. The molecule has 1 atom stereocenters. The van der Waals surface area contributed by atoms with Crippen LogP contribution in [0.25, 0.3) is 0 Å². The zero-order chi connectivity index (χ0) is 8.32. The third-order valence-corrected chi connectivity index (χ3v) is 2.38. The van der Waals surface area contributed by atoms with E-state index < -0.39 is 0 Å². The zero-order valence-electron chi connectivity index (χ0n) is 7.98. The summed E-state index contributed by atoms with van der Waals surface area (Å²) in [5, 5.41) is 3.45. The molecule has 0 radical (unpaired) electrons. The molecule has 0 spiro atoms. The fourth-order valence-corrected chi connectivity index (χ4v) is 2.02. The van der Waals surface area contributed by atoms with Gasteiger partial charge in [0.1, 0.15) is 0 Å². The summed E-state index contributed by atoms with van der Waals surface area (Å²) in [6, 6.07) is 0. The van der Waals surface area contributed by atoms with E-state index in [0.29, 0.717) is 5.41 Å². The van der Waals surface area contributed by atoms with E-state index in [1.165, 1.54) is 32.5 Å². The molecule has 1 rings (SSSR count). The predicted octanol–water partition coefficient (Wildman–Crippen LogP) is 0.938. The summed E-state index contributed by atoms with van der Waals surface area (Å²) in [4.78, 5) is 2.28. The Labute approximate surface area is 70.0 Å². The Balaban J connectivity index is 2.37. The highest BCUT2D eigenvalue weighted by molar-refractivity contribution is 4.82. The van der Waals surface area contributed by atoms with E-state index in [2.05, 4.69) is 31.2 Å². The van der Waals surface area contributed by atoms with Crippen LogP contribution in [0.5, 0.6) is 0 Å². The minimum Gasteiger partial charge on any atom is -0.316 e. The fourth-order valence-electron chi connectivity index (χ4n) is 2.02. The molecule has 0 amide bonds. The molecule has 0 aromatic carbocycles. The number of nitrogens with one attached hydrogen (secondary N) is 1. The molecular weight excluding hydrogens is 136 g/mol. The standard InChI is InChI=1S/C9H20N2/c1-9(8-11(2)3)5-4-6-10-7-9/h10H,4-8H2,1-3H3. The number of hydrogen-bond acceptors (Lipinski definition) is 2. The van der Waals surface area contributed by atoms with Crippen LogP contribution in [0, 0.1) is 5.41 Å². The zero-order valence-corrected chi connectivity index (χ0v) is 7.98. The van der Waals surface area contributed by atoms with Crippen LogP contribution in [0.15, 0.2) is 0 Å². The second-order valence-corrected chi connectivity index (χ2v) is 4.33. The van der Waals surface area contributed by atoms with Gasteiger partial charge in [-0.2, -0.15) is 0 Å². The van der Waals surface area contributed by atoms with Gasteiger partial charge in [0.05, 0.1) is 0 Å². The first-order valence-corrected chi connectivity index (χ1v) is 4.48. The van der Waals surface area contributed by atoms with Crippen LogP contribution in [-0.4, -0.2) is 38.6 Å². The third-order valence-electron chi connectivity index (χ3n) is 2.38. The Bertz CT molecular complexity index is 115. The summed E-state index contributed by atoms with van der Waals surface area (Å²) in [7, 11) is 4.31. The summed E-state index contributed by atoms with van der Waals surface area (Å²) < 4.78 is 0. The molecule has 1 saturated heterocycles. The molecule has 66 valence electrons. The molecule has 1 heterocycles. The monoisotopic (exact) mass is 156 g/mol. The maximum absolute atomic E-state index is 3.45. The fraction of sp³-hybridized carbons (Fsp3) is 1.00. The van der Waals surface area contributed by atoms with E-state index in [4.69, 9.17) is 0 Å². The summed E-state index contributed by atoms with van der Waals surface area (Å²) in [5.74, 6) is 0. The number of piperidine rings is 1. The van der Waals surface area contributed by atoms with E-state index in [1.54, 1.807) is 0 Å². The maximum Gasteiger partial charge on any atom is 0.00414 e. The van der Waals surface area contributed by atoms with E-state index in [1.807, 2.05) is 0 Å². The van der Waals surface area contributed by atoms with Gasteiger partial charge in [-0.3, -0.25) is 0 Å². The molecule has 1 N–H and O–H groups in total. The molecule has 0 bridgehead atoms. The van der Waals surface area contributed by atoms with Crippen LogP contribution in [0.4, 0.5) is 0 Å². The van der Waals surface area contributed by atoms with Crippen LogP contribution < -0.4 is 5.32 Å². The lowest BCUT2D eigenvalue weighted by atomic mass is 9.82. The van der Waals surface area contributed by atoms with Crippen LogP contribution in [0.3, 0.4) is 0 Å². The van der Waals surface area contributed by atoms with E-state index >= 15 is 0 Å². The Morgan fingerprint density at radius 3 is 2.64 bits per heavy atom. The predicted molar refractivity (Wildman–Crippen MR) is 48.8 cm³/mol. The van der Waals surface area contributed by atoms with Crippen molar-refractivity contribution in [2.24, 2.45) is 5.41 Å². The van der Waals surface area contributed by atoms with E-state index in [0.717, 1.165) is 0 Å². The smallest absolute Gasteiger partial charge is 0.00414 e. The van der Waals surface area contributed by atoms with Gasteiger partial charge >= 0.3 is 0 Å². The van der Waals surface area contributed by atoms with Crippen LogP contribution >= 0.6 is 0 Å². The molecule has 0 aromatic rings. The topological polar surface area (TPSA) is 15.3 Å². The number of nitrogens with zero attached hydrogens (tertiary/aromatic N) is 1. The first-order valence-electron chi connectivity index (χ1n) is 4.48. The molecule has 1 fully saturated rings. The van der Waals surface area contributed by atoms with Gasteiger partial charge in [0.15, 0.2) is 0 Å². The molecule has 1 aliphatic rings. The highest BCUT2D eigenvalue weighted by atomic mass is 15.1. The largest absolute Gasteiger partial charge is 0.316 e. The summed E-state index contributed by atoms with van der Waals surface area (Å²) in [6.07, 6.45) is 2.71. The van der Waals surface area contributed by atoms with Crippen molar-refractivity contribution in [2.75, 3.05) is 33.7 Å². The lowest BCUT2D eigenvalue weighted by molar-refractivity contribution is 0.170. The van der Waals surface area contributed by atoms with Gasteiger partial charge in [-0.05, 0) is 38.9 Å². The average Bonchev–Trinajstić information content (AvgIpc) is 1.85. The SMILES string of the molecule is CN(C)CC1(C)CCCNC1. The summed E-state index contributed by atoms with van der Waals surface area (Å²) in [5.41, 5.74) is 0.516. The van der Waals surface area contributed by atoms with Crippen molar-refractivity contribution >= 4 is 0 Å². The molecule has 1 unspecified atom stereocenters. The van der Waals surface area contributed by atoms with Gasteiger partial charge in [0, 0.05) is 13.1 Å². The van der Waals surface area contributed by atoms with Crippen LogP contribution in [-0.2, 0) is 0 Å². The molecule has 11 heavy (non-hydrogen) atoms. The minimum atomic E-state index is 0.516. The lowest BCUT2D eigenvalue weighted by Gasteiger charge is -2.36. The average molecular weight is 156 g/mol. The van der Waals surface area contributed by atoms with Crippen molar-refractivity contribution < 1.29 is 0 Å². The number of hydrogen-bond donors (Lipinski definition) is 1. The summed E-state index contributed by atoms with van der Waals surface area (Å²) >= 11 is 0. The Morgan fingerprint density at radius 1 is 1.45 bits per heavy atom. The summed E-state index contributed by atoms with van der Waals surface area (Å²) in [6.45, 7) is 5.98. The second-order valence-electron chi connectivity index (χ2n) is 4.33. The van der Waals surface area contributed by atoms with Crippen molar-refractivity contribution in [3.63, 3.8) is 0 Å². The Hall–Kier alpha value is -0.0800. The van der Waals surface area contributed by atoms with E-state index in [9.17, 15) is 0 Å². The van der Waals surface area contributed by atoms with Crippen molar-refractivity contribution in [1.29, 1.82) is 0 Å². The maximum atomic E-state index is 3.45. The van der Waals surface area contributed by atoms with Gasteiger partial charge in [0.25, 0.3) is 0 Å². The number of rotatable bonds is 2. The molecule has 1 aliphatic heterocycles. The molecular formula is C9H20N2. The van der Waals surface area contributed by atoms with Crippen molar-refractivity contribution in [2.45, 2.75) is 19.8 Å². The molecule has 0 saturated carbocycles. The van der Waals surface area contributed by atoms with E-state index in [-0.39, 0.29) is 0 Å². The minimum absolute atomic E-state index is 0.516. The Kier molecular flexibility index (Phi) is 2.90. The van der Waals surface area contributed by atoms with Crippen LogP contribution in [0.1, 0.15) is 19.8 Å². The Morgan fingerprint density at radius 2 is 2.18 bits per heavy atom. The molecule has 2 nitrogen and oxygen atoms in total. The lowest BCUT2D eigenvalue weighted by Crippen LogP contribution is -2.43. The highest BCUT2D eigenvalue weighted by Crippen LogP contribution is 2.25. The van der Waals surface area contributed by atoms with Crippen LogP contribution in [0.2, 0.25) is 0 Å². The van der Waals surface area contributed by atoms with Gasteiger partial charge in [0.2, 0.25) is 0 Å². The van der Waals surface area contributed by atoms with Crippen molar-refractivity contribution in [3.8, 4) is 0 Å². The molecule has 0 aromatic heterocycles. The van der Waals surface area contributed by atoms with Crippen molar-refractivity contribution in [3.05, 3.63) is 0 Å².